The number of aliphatic carboxylic acids is 1. The monoisotopic (exact) mass is 218 g/mol. The second-order valence-electron chi connectivity index (χ2n) is 3.94. The number of carboxylic acid groups (broad SMARTS) is 1. The normalized spacial score (nSPS) is 13.1. The van der Waals surface area contributed by atoms with Crippen LogP contribution < -0.4 is 0 Å². The summed E-state index contributed by atoms with van der Waals surface area (Å²) in [5.41, 5.74) is 0. The van der Waals surface area contributed by atoms with E-state index in [1.165, 1.54) is 0 Å². The number of hydrogen-bond donors (Lipinski definition) is 3. The molecule has 0 aromatic rings. The molecule has 0 saturated heterocycles. The van der Waals surface area contributed by atoms with Crippen LogP contribution in [0.2, 0.25) is 0 Å². The van der Waals surface area contributed by atoms with Gasteiger partial charge in [0.15, 0.2) is 6.29 Å². The van der Waals surface area contributed by atoms with E-state index in [1.807, 2.05) is 0 Å². The number of rotatable bonds is 9. The lowest BCUT2D eigenvalue weighted by molar-refractivity contribution is -0.143. The molecule has 0 aromatic carbocycles. The minimum Gasteiger partial charge on any atom is -0.481 e. The van der Waals surface area contributed by atoms with Gasteiger partial charge in [-0.1, -0.05) is 32.6 Å². The lowest BCUT2D eigenvalue weighted by atomic mass is 9.96. The Balaban J connectivity index is 3.69. The van der Waals surface area contributed by atoms with Crippen molar-refractivity contribution in [2.24, 2.45) is 5.92 Å². The predicted octanol–water partition coefficient (Wildman–Crippen LogP) is 1.75. The summed E-state index contributed by atoms with van der Waals surface area (Å²) in [7, 11) is 0. The van der Waals surface area contributed by atoms with Gasteiger partial charge >= 0.3 is 5.97 Å². The maximum Gasteiger partial charge on any atom is 0.306 e. The third-order valence-corrected chi connectivity index (χ3v) is 2.53. The van der Waals surface area contributed by atoms with E-state index in [2.05, 4.69) is 6.92 Å². The Morgan fingerprint density at radius 1 is 1.07 bits per heavy atom. The molecule has 15 heavy (non-hydrogen) atoms. The molecule has 0 amide bonds. The third-order valence-electron chi connectivity index (χ3n) is 2.53. The average molecular weight is 218 g/mol. The van der Waals surface area contributed by atoms with Gasteiger partial charge in [0, 0.05) is 0 Å². The van der Waals surface area contributed by atoms with E-state index in [0.29, 0.717) is 12.8 Å². The number of carboxylic acids is 1. The summed E-state index contributed by atoms with van der Waals surface area (Å²) in [5.74, 6) is -1.25. The summed E-state index contributed by atoms with van der Waals surface area (Å²) in [6.45, 7) is 2.11. The average Bonchev–Trinajstić information content (AvgIpc) is 2.15. The van der Waals surface area contributed by atoms with E-state index in [4.69, 9.17) is 15.3 Å². The third kappa shape index (κ3) is 8.39. The van der Waals surface area contributed by atoms with E-state index in [9.17, 15) is 4.79 Å². The summed E-state index contributed by atoms with van der Waals surface area (Å²) in [6.07, 6.45) is 3.98. The number of unbranched alkanes of at least 4 members (excludes halogenated alkanes) is 3. The van der Waals surface area contributed by atoms with Crippen molar-refractivity contribution in [3.8, 4) is 0 Å². The highest BCUT2D eigenvalue weighted by atomic mass is 16.5. The molecule has 0 aromatic heterocycles. The van der Waals surface area contributed by atoms with Crippen LogP contribution in [0.4, 0.5) is 0 Å². The molecular weight excluding hydrogens is 196 g/mol. The van der Waals surface area contributed by atoms with Gasteiger partial charge in [0.25, 0.3) is 0 Å². The maximum atomic E-state index is 10.8. The van der Waals surface area contributed by atoms with Crippen LogP contribution in [0.15, 0.2) is 0 Å². The smallest absolute Gasteiger partial charge is 0.306 e. The Bertz CT molecular complexity index is 168. The maximum absolute atomic E-state index is 10.8. The van der Waals surface area contributed by atoms with E-state index in [0.717, 1.165) is 25.7 Å². The first-order valence-corrected chi connectivity index (χ1v) is 5.66. The summed E-state index contributed by atoms with van der Waals surface area (Å²) in [4.78, 5) is 10.8. The molecule has 0 heterocycles. The molecule has 0 spiro atoms. The predicted molar refractivity (Wildman–Crippen MR) is 57.3 cm³/mol. The van der Waals surface area contributed by atoms with E-state index < -0.39 is 18.2 Å². The molecule has 0 saturated carbocycles. The molecule has 0 rings (SSSR count). The Morgan fingerprint density at radius 3 is 2.20 bits per heavy atom. The Kier molecular flexibility index (Phi) is 8.33. The fraction of sp³-hybridized carbons (Fsp3) is 0.909. The Hall–Kier alpha value is -0.610. The van der Waals surface area contributed by atoms with Crippen molar-refractivity contribution in [2.45, 2.75) is 58.2 Å². The molecule has 4 heteroatoms. The van der Waals surface area contributed by atoms with E-state index in [1.54, 1.807) is 0 Å². The van der Waals surface area contributed by atoms with E-state index >= 15 is 0 Å². The summed E-state index contributed by atoms with van der Waals surface area (Å²) in [5, 5.41) is 26.2. The Labute approximate surface area is 90.9 Å². The van der Waals surface area contributed by atoms with Gasteiger partial charge < -0.3 is 15.3 Å². The molecule has 1 atom stereocenters. The first kappa shape index (κ1) is 14.4. The quantitative estimate of drug-likeness (QED) is 0.407. The van der Waals surface area contributed by atoms with Crippen LogP contribution >= 0.6 is 0 Å². The molecule has 0 aliphatic carbocycles. The topological polar surface area (TPSA) is 77.8 Å². The fourth-order valence-electron chi connectivity index (χ4n) is 1.56. The van der Waals surface area contributed by atoms with Gasteiger partial charge in [0.1, 0.15) is 0 Å². The molecule has 0 bridgehead atoms. The van der Waals surface area contributed by atoms with Crippen LogP contribution in [-0.4, -0.2) is 27.6 Å². The van der Waals surface area contributed by atoms with Crippen molar-refractivity contribution in [3.63, 3.8) is 0 Å². The first-order chi connectivity index (χ1) is 7.07. The zero-order chi connectivity index (χ0) is 11.7. The molecule has 3 N–H and O–H groups in total. The number of carbonyl (C=O) groups is 1. The SMILES string of the molecule is CCCCCCC(CCC(O)O)C(=O)O. The molecule has 0 aliphatic heterocycles. The second-order valence-corrected chi connectivity index (χ2v) is 3.94. The number of aliphatic hydroxyl groups excluding tert-OH is 1. The molecule has 0 aliphatic rings. The van der Waals surface area contributed by atoms with Crippen LogP contribution in [0, 0.1) is 5.92 Å². The molecule has 4 nitrogen and oxygen atoms in total. The van der Waals surface area contributed by atoms with Crippen molar-refractivity contribution >= 4 is 5.97 Å². The van der Waals surface area contributed by atoms with Crippen LogP contribution in [0.1, 0.15) is 51.9 Å². The Morgan fingerprint density at radius 2 is 1.73 bits per heavy atom. The molecule has 0 radical (unpaired) electrons. The van der Waals surface area contributed by atoms with E-state index in [-0.39, 0.29) is 6.42 Å². The molecule has 0 fully saturated rings. The largest absolute Gasteiger partial charge is 0.481 e. The van der Waals surface area contributed by atoms with Gasteiger partial charge in [-0.25, -0.2) is 0 Å². The molecule has 1 unspecified atom stereocenters. The van der Waals surface area contributed by atoms with Crippen LogP contribution in [0.5, 0.6) is 0 Å². The van der Waals surface area contributed by atoms with Gasteiger partial charge in [-0.2, -0.15) is 0 Å². The fourth-order valence-corrected chi connectivity index (χ4v) is 1.56. The van der Waals surface area contributed by atoms with Gasteiger partial charge in [-0.15, -0.1) is 0 Å². The number of hydrogen-bond acceptors (Lipinski definition) is 3. The lowest BCUT2D eigenvalue weighted by Crippen LogP contribution is -2.16. The molecular formula is C11H22O4. The first-order valence-electron chi connectivity index (χ1n) is 5.66. The van der Waals surface area contributed by atoms with Crippen LogP contribution in [-0.2, 0) is 4.79 Å². The van der Waals surface area contributed by atoms with Gasteiger partial charge in [-0.3, -0.25) is 4.79 Å². The van der Waals surface area contributed by atoms with Gasteiger partial charge in [-0.05, 0) is 19.3 Å². The highest BCUT2D eigenvalue weighted by Gasteiger charge is 2.17. The highest BCUT2D eigenvalue weighted by molar-refractivity contribution is 5.69. The number of aliphatic hydroxyl groups is 2. The van der Waals surface area contributed by atoms with Crippen LogP contribution in [0.3, 0.4) is 0 Å². The summed E-state index contributed by atoms with van der Waals surface area (Å²) < 4.78 is 0. The van der Waals surface area contributed by atoms with Crippen LogP contribution in [0.25, 0.3) is 0 Å². The van der Waals surface area contributed by atoms with Crippen molar-refractivity contribution in [2.75, 3.05) is 0 Å². The zero-order valence-corrected chi connectivity index (χ0v) is 9.35. The van der Waals surface area contributed by atoms with Crippen molar-refractivity contribution in [1.82, 2.24) is 0 Å². The standard InChI is InChI=1S/C11H22O4/c1-2-3-4-5-6-9(11(14)15)7-8-10(12)13/h9-10,12-13H,2-8H2,1H3,(H,14,15). The van der Waals surface area contributed by atoms with Crippen molar-refractivity contribution in [3.05, 3.63) is 0 Å². The van der Waals surface area contributed by atoms with Gasteiger partial charge in [0.2, 0.25) is 0 Å². The zero-order valence-electron chi connectivity index (χ0n) is 9.35. The summed E-state index contributed by atoms with van der Waals surface area (Å²) >= 11 is 0. The van der Waals surface area contributed by atoms with Crippen molar-refractivity contribution < 1.29 is 20.1 Å². The molecule has 90 valence electrons. The van der Waals surface area contributed by atoms with Gasteiger partial charge in [0.05, 0.1) is 5.92 Å². The van der Waals surface area contributed by atoms with Crippen molar-refractivity contribution in [1.29, 1.82) is 0 Å². The lowest BCUT2D eigenvalue weighted by Gasteiger charge is -2.12. The second kappa shape index (κ2) is 8.68. The minimum absolute atomic E-state index is 0.144. The summed E-state index contributed by atoms with van der Waals surface area (Å²) in [6, 6.07) is 0. The highest BCUT2D eigenvalue weighted by Crippen LogP contribution is 2.17. The minimum atomic E-state index is -1.39.